The second kappa shape index (κ2) is 9.11. The molecule has 0 fully saturated rings. The molecular formula is C24H24BrN5O4. The Morgan fingerprint density at radius 1 is 1.18 bits per heavy atom. The van der Waals surface area contributed by atoms with Crippen LogP contribution in [-0.2, 0) is 12.2 Å². The second-order valence-electron chi connectivity index (χ2n) is 8.43. The van der Waals surface area contributed by atoms with Crippen molar-refractivity contribution in [2.75, 3.05) is 0 Å². The number of halogens is 1. The Labute approximate surface area is 204 Å². The molecule has 0 aliphatic rings. The summed E-state index contributed by atoms with van der Waals surface area (Å²) in [5, 5.41) is 10.3. The van der Waals surface area contributed by atoms with Gasteiger partial charge < -0.3 is 14.3 Å². The average molecular weight is 526 g/mol. The summed E-state index contributed by atoms with van der Waals surface area (Å²) in [6.45, 7) is 8.87. The fourth-order valence-electron chi connectivity index (χ4n) is 3.42. The smallest absolute Gasteiger partial charge is 0.273 e. The van der Waals surface area contributed by atoms with Crippen molar-refractivity contribution in [2.24, 2.45) is 0 Å². The van der Waals surface area contributed by atoms with Crippen LogP contribution in [0.2, 0.25) is 0 Å². The molecule has 0 atom stereocenters. The average Bonchev–Trinajstić information content (AvgIpc) is 3.20. The van der Waals surface area contributed by atoms with E-state index in [4.69, 9.17) is 9.15 Å². The van der Waals surface area contributed by atoms with Gasteiger partial charge in [-0.25, -0.2) is 15.0 Å². The third-order valence-corrected chi connectivity index (χ3v) is 5.84. The predicted molar refractivity (Wildman–Crippen MR) is 129 cm³/mol. The van der Waals surface area contributed by atoms with Crippen molar-refractivity contribution in [3.63, 3.8) is 0 Å². The summed E-state index contributed by atoms with van der Waals surface area (Å²) in [5.74, 6) is 1.25. The summed E-state index contributed by atoms with van der Waals surface area (Å²) >= 11 is 3.38. The van der Waals surface area contributed by atoms with Gasteiger partial charge in [0.05, 0.1) is 17.1 Å². The highest BCUT2D eigenvalue weighted by molar-refractivity contribution is 9.10. The Kier molecular flexibility index (Phi) is 6.37. The summed E-state index contributed by atoms with van der Waals surface area (Å²) in [5.41, 5.74) is 2.40. The van der Waals surface area contributed by atoms with Gasteiger partial charge in [0.25, 0.3) is 5.56 Å². The molecule has 0 aliphatic heterocycles. The Balaban J connectivity index is 1.72. The third kappa shape index (κ3) is 4.78. The molecule has 4 rings (SSSR count). The zero-order chi connectivity index (χ0) is 24.6. The Morgan fingerprint density at radius 3 is 2.62 bits per heavy atom. The second-order valence-corrected chi connectivity index (χ2v) is 9.23. The van der Waals surface area contributed by atoms with E-state index in [-0.39, 0.29) is 12.2 Å². The SMILES string of the molecule is Cc1nc(COc2cc(C)n(-c3ccnc(-c4nc(C(C)(C)O)ncc4C)c3)c(=O)c2Br)co1. The minimum absolute atomic E-state index is 0.175. The third-order valence-electron chi connectivity index (χ3n) is 5.11. The van der Waals surface area contributed by atoms with Crippen LogP contribution in [0.25, 0.3) is 17.1 Å². The number of oxazole rings is 1. The Hall–Kier alpha value is -3.37. The van der Waals surface area contributed by atoms with Crippen LogP contribution in [0.3, 0.4) is 0 Å². The molecule has 0 saturated carbocycles. The van der Waals surface area contributed by atoms with Gasteiger partial charge in [0, 0.05) is 31.1 Å². The largest absolute Gasteiger partial charge is 0.486 e. The van der Waals surface area contributed by atoms with Crippen molar-refractivity contribution >= 4 is 15.9 Å². The number of rotatable bonds is 6. The minimum atomic E-state index is -1.20. The highest BCUT2D eigenvalue weighted by atomic mass is 79.9. The summed E-state index contributed by atoms with van der Waals surface area (Å²) in [6.07, 6.45) is 4.79. The van der Waals surface area contributed by atoms with Crippen LogP contribution in [0.5, 0.6) is 5.75 Å². The molecular weight excluding hydrogens is 502 g/mol. The normalized spacial score (nSPS) is 11.6. The molecule has 0 bridgehead atoms. The lowest BCUT2D eigenvalue weighted by Crippen LogP contribution is -2.22. The molecule has 4 heterocycles. The van der Waals surface area contributed by atoms with Gasteiger partial charge in [0.2, 0.25) is 0 Å². The van der Waals surface area contributed by atoms with Gasteiger partial charge >= 0.3 is 0 Å². The molecule has 1 N–H and O–H groups in total. The summed E-state index contributed by atoms with van der Waals surface area (Å²) in [6, 6.07) is 5.31. The van der Waals surface area contributed by atoms with E-state index >= 15 is 0 Å². The maximum atomic E-state index is 13.2. The number of aryl methyl sites for hydroxylation is 3. The number of aromatic nitrogens is 5. The van der Waals surface area contributed by atoms with Crippen molar-refractivity contribution in [1.29, 1.82) is 0 Å². The lowest BCUT2D eigenvalue weighted by molar-refractivity contribution is 0.0688. The van der Waals surface area contributed by atoms with E-state index in [0.29, 0.717) is 50.4 Å². The molecule has 0 spiro atoms. The van der Waals surface area contributed by atoms with Crippen molar-refractivity contribution in [1.82, 2.24) is 24.5 Å². The van der Waals surface area contributed by atoms with E-state index in [2.05, 4.69) is 35.9 Å². The van der Waals surface area contributed by atoms with Crippen LogP contribution < -0.4 is 10.3 Å². The maximum absolute atomic E-state index is 13.2. The first-order chi connectivity index (χ1) is 16.0. The van der Waals surface area contributed by atoms with Crippen LogP contribution >= 0.6 is 15.9 Å². The van der Waals surface area contributed by atoms with Crippen LogP contribution in [0.15, 0.2) is 50.5 Å². The minimum Gasteiger partial charge on any atom is -0.486 e. The molecule has 10 heteroatoms. The fourth-order valence-corrected chi connectivity index (χ4v) is 3.82. The van der Waals surface area contributed by atoms with Crippen molar-refractivity contribution in [2.45, 2.75) is 46.8 Å². The molecule has 9 nitrogen and oxygen atoms in total. The van der Waals surface area contributed by atoms with Crippen LogP contribution in [0.1, 0.15) is 42.5 Å². The monoisotopic (exact) mass is 525 g/mol. The molecule has 4 aromatic heterocycles. The molecule has 0 saturated heterocycles. The number of aliphatic hydroxyl groups is 1. The van der Waals surface area contributed by atoms with Gasteiger partial charge in [-0.15, -0.1) is 0 Å². The van der Waals surface area contributed by atoms with Gasteiger partial charge in [-0.1, -0.05) is 0 Å². The van der Waals surface area contributed by atoms with Gasteiger partial charge in [0.15, 0.2) is 11.7 Å². The Morgan fingerprint density at radius 2 is 1.94 bits per heavy atom. The quantitative estimate of drug-likeness (QED) is 0.398. The molecule has 0 amide bonds. The maximum Gasteiger partial charge on any atom is 0.273 e. The Bertz CT molecular complexity index is 1420. The van der Waals surface area contributed by atoms with Gasteiger partial charge in [-0.3, -0.25) is 14.3 Å². The van der Waals surface area contributed by atoms with Crippen LogP contribution in [0, 0.1) is 20.8 Å². The molecule has 176 valence electrons. The number of nitrogens with zero attached hydrogens (tertiary/aromatic N) is 5. The van der Waals surface area contributed by atoms with E-state index in [0.717, 1.165) is 5.56 Å². The topological polar surface area (TPSA) is 116 Å². The molecule has 0 aliphatic carbocycles. The van der Waals surface area contributed by atoms with Gasteiger partial charge in [-0.2, -0.15) is 0 Å². The van der Waals surface area contributed by atoms with Crippen LogP contribution in [0.4, 0.5) is 0 Å². The summed E-state index contributed by atoms with van der Waals surface area (Å²) in [7, 11) is 0. The zero-order valence-electron chi connectivity index (χ0n) is 19.5. The highest BCUT2D eigenvalue weighted by Crippen LogP contribution is 2.27. The van der Waals surface area contributed by atoms with Crippen LogP contribution in [-0.4, -0.2) is 29.6 Å². The first-order valence-corrected chi connectivity index (χ1v) is 11.3. The number of hydrogen-bond acceptors (Lipinski definition) is 8. The predicted octanol–water partition coefficient (Wildman–Crippen LogP) is 4.17. The summed E-state index contributed by atoms with van der Waals surface area (Å²) in [4.78, 5) is 30.7. The standard InChI is InChI=1S/C24H24BrN5O4/c1-13-10-27-23(24(4,5)32)29-21(13)18-9-17(6-7-26-18)30-14(2)8-19(20(25)22(30)31)34-12-16-11-33-15(3)28-16/h6-11,32H,12H2,1-5H3. The lowest BCUT2D eigenvalue weighted by atomic mass is 10.1. The van der Waals surface area contributed by atoms with E-state index in [1.54, 1.807) is 55.9 Å². The highest BCUT2D eigenvalue weighted by Gasteiger charge is 2.22. The number of ether oxygens (including phenoxy) is 1. The van der Waals surface area contributed by atoms with E-state index in [1.165, 1.54) is 6.26 Å². The zero-order valence-corrected chi connectivity index (χ0v) is 21.0. The lowest BCUT2D eigenvalue weighted by Gasteiger charge is -2.17. The number of hydrogen-bond donors (Lipinski definition) is 1. The first-order valence-electron chi connectivity index (χ1n) is 10.5. The molecule has 0 aromatic carbocycles. The molecule has 4 aromatic rings. The van der Waals surface area contributed by atoms with Crippen molar-refractivity contribution in [3.05, 3.63) is 80.3 Å². The van der Waals surface area contributed by atoms with Crippen molar-refractivity contribution < 1.29 is 14.3 Å². The van der Waals surface area contributed by atoms with E-state index < -0.39 is 5.60 Å². The van der Waals surface area contributed by atoms with Gasteiger partial charge in [0.1, 0.15) is 34.4 Å². The van der Waals surface area contributed by atoms with E-state index in [1.807, 2.05) is 13.8 Å². The molecule has 34 heavy (non-hydrogen) atoms. The van der Waals surface area contributed by atoms with Crippen molar-refractivity contribution in [3.8, 4) is 22.8 Å². The van der Waals surface area contributed by atoms with Gasteiger partial charge in [-0.05, 0) is 61.3 Å². The van der Waals surface area contributed by atoms with E-state index in [9.17, 15) is 9.90 Å². The molecule has 0 unspecified atom stereocenters. The fraction of sp³-hybridized carbons (Fsp3) is 0.292. The molecule has 0 radical (unpaired) electrons. The first kappa shape index (κ1) is 23.8. The summed E-state index contributed by atoms with van der Waals surface area (Å²) < 4.78 is 12.9. The number of pyridine rings is 2.